The standard InChI is InChI=1S/C25H22ClF3N4O6/c1-14(37-15(2)34)12-33-22(35)20-21(31(3)24(33)36)30-23(32(20)13-16-7-9-17(26)10-8-16)38-18-5-4-6-19(11-18)39-25(27,28)29/h4-11,14H,12-13H2,1-3H3/t14-/m0/s1. The van der Waals surface area contributed by atoms with Crippen LogP contribution in [0.25, 0.3) is 11.2 Å². The molecule has 0 spiro atoms. The van der Waals surface area contributed by atoms with E-state index in [0.29, 0.717) is 10.6 Å². The van der Waals surface area contributed by atoms with E-state index in [1.807, 2.05) is 0 Å². The fraction of sp³-hybridized carbons (Fsp3) is 0.280. The molecule has 0 N–H and O–H groups in total. The van der Waals surface area contributed by atoms with Gasteiger partial charge in [0.1, 0.15) is 17.6 Å². The number of fused-ring (bicyclic) bond motifs is 1. The van der Waals surface area contributed by atoms with E-state index in [4.69, 9.17) is 21.1 Å². The lowest BCUT2D eigenvalue weighted by atomic mass is 10.2. The molecule has 0 bridgehead atoms. The van der Waals surface area contributed by atoms with E-state index in [2.05, 4.69) is 9.72 Å². The van der Waals surface area contributed by atoms with E-state index in [0.717, 1.165) is 21.3 Å². The first-order chi connectivity index (χ1) is 18.3. The van der Waals surface area contributed by atoms with Gasteiger partial charge in [-0.3, -0.25) is 23.3 Å². The molecule has 0 amide bonds. The summed E-state index contributed by atoms with van der Waals surface area (Å²) < 4.78 is 56.4. The molecule has 0 radical (unpaired) electrons. The number of imidazole rings is 1. The summed E-state index contributed by atoms with van der Waals surface area (Å²) in [6.45, 7) is 2.56. The number of benzene rings is 2. The van der Waals surface area contributed by atoms with Gasteiger partial charge in [-0.1, -0.05) is 29.8 Å². The summed E-state index contributed by atoms with van der Waals surface area (Å²) in [5, 5.41) is 0.483. The summed E-state index contributed by atoms with van der Waals surface area (Å²) in [7, 11) is 1.40. The Morgan fingerprint density at radius 3 is 2.38 bits per heavy atom. The van der Waals surface area contributed by atoms with Crippen molar-refractivity contribution in [3.63, 3.8) is 0 Å². The molecule has 14 heteroatoms. The second-order valence-corrected chi connectivity index (χ2v) is 9.02. The largest absolute Gasteiger partial charge is 0.573 e. The minimum absolute atomic E-state index is 0.0141. The zero-order valence-electron chi connectivity index (χ0n) is 20.9. The number of alkyl halides is 3. The number of carbonyl (C=O) groups is 1. The lowest BCUT2D eigenvalue weighted by Gasteiger charge is -2.15. The topological polar surface area (TPSA) is 107 Å². The quantitative estimate of drug-likeness (QED) is 0.294. The summed E-state index contributed by atoms with van der Waals surface area (Å²) in [4.78, 5) is 42.3. The first-order valence-corrected chi connectivity index (χ1v) is 11.9. The summed E-state index contributed by atoms with van der Waals surface area (Å²) in [5.74, 6) is -1.15. The third kappa shape index (κ3) is 6.42. The molecule has 39 heavy (non-hydrogen) atoms. The zero-order chi connectivity index (χ0) is 28.5. The van der Waals surface area contributed by atoms with Gasteiger partial charge in [-0.15, -0.1) is 13.2 Å². The number of hydrogen-bond donors (Lipinski definition) is 0. The first-order valence-electron chi connectivity index (χ1n) is 11.5. The lowest BCUT2D eigenvalue weighted by molar-refractivity contribution is -0.274. The molecule has 0 unspecified atom stereocenters. The Bertz CT molecular complexity index is 1640. The zero-order valence-corrected chi connectivity index (χ0v) is 21.6. The summed E-state index contributed by atoms with van der Waals surface area (Å²) in [6, 6.07) is 11.3. The Labute approximate surface area is 223 Å². The van der Waals surface area contributed by atoms with Crippen LogP contribution in [0, 0.1) is 0 Å². The molecular weight excluding hydrogens is 545 g/mol. The highest BCUT2D eigenvalue weighted by molar-refractivity contribution is 6.30. The predicted molar refractivity (Wildman–Crippen MR) is 134 cm³/mol. The van der Waals surface area contributed by atoms with Crippen molar-refractivity contribution >= 4 is 28.7 Å². The van der Waals surface area contributed by atoms with Crippen LogP contribution in [-0.4, -0.2) is 37.1 Å². The van der Waals surface area contributed by atoms with Crippen molar-refractivity contribution in [3.8, 4) is 17.5 Å². The molecule has 4 aromatic rings. The molecule has 2 aromatic carbocycles. The van der Waals surface area contributed by atoms with Gasteiger partial charge in [0.05, 0.1) is 13.1 Å². The van der Waals surface area contributed by atoms with Crippen LogP contribution in [0.15, 0.2) is 58.1 Å². The van der Waals surface area contributed by atoms with Crippen molar-refractivity contribution in [2.24, 2.45) is 7.05 Å². The number of carbonyl (C=O) groups excluding carboxylic acids is 1. The third-order valence-electron chi connectivity index (χ3n) is 5.51. The fourth-order valence-electron chi connectivity index (χ4n) is 3.93. The molecule has 2 heterocycles. The van der Waals surface area contributed by atoms with Gasteiger partial charge in [-0.25, -0.2) is 4.79 Å². The molecule has 10 nitrogen and oxygen atoms in total. The number of esters is 1. The molecule has 0 fully saturated rings. The molecular formula is C25H22ClF3N4O6. The highest BCUT2D eigenvalue weighted by atomic mass is 35.5. The molecule has 0 saturated carbocycles. The van der Waals surface area contributed by atoms with Crippen molar-refractivity contribution in [1.29, 1.82) is 0 Å². The van der Waals surface area contributed by atoms with Crippen LogP contribution in [0.1, 0.15) is 19.4 Å². The SMILES string of the molecule is CC(=O)O[C@@H](C)Cn1c(=O)c2c(nc(Oc3cccc(OC(F)(F)F)c3)n2Cc2ccc(Cl)cc2)n(C)c1=O. The van der Waals surface area contributed by atoms with Crippen molar-refractivity contribution in [3.05, 3.63) is 80.0 Å². The Balaban J connectivity index is 1.86. The third-order valence-corrected chi connectivity index (χ3v) is 5.76. The number of rotatable bonds is 8. The van der Waals surface area contributed by atoms with Gasteiger partial charge >= 0.3 is 24.0 Å². The van der Waals surface area contributed by atoms with E-state index >= 15 is 0 Å². The van der Waals surface area contributed by atoms with Crippen LogP contribution in [-0.2, 0) is 29.7 Å². The molecule has 4 rings (SSSR count). The minimum Gasteiger partial charge on any atom is -0.461 e. The Hall–Kier alpha value is -4.26. The summed E-state index contributed by atoms with van der Waals surface area (Å²) >= 11 is 5.99. The van der Waals surface area contributed by atoms with Crippen molar-refractivity contribution in [2.45, 2.75) is 39.4 Å². The van der Waals surface area contributed by atoms with Crippen LogP contribution in [0.2, 0.25) is 5.02 Å². The van der Waals surface area contributed by atoms with Crippen LogP contribution in [0.4, 0.5) is 13.2 Å². The highest BCUT2D eigenvalue weighted by Gasteiger charge is 2.31. The van der Waals surface area contributed by atoms with Gasteiger partial charge in [0.2, 0.25) is 0 Å². The van der Waals surface area contributed by atoms with Crippen LogP contribution < -0.4 is 20.7 Å². The molecule has 206 valence electrons. The van der Waals surface area contributed by atoms with Crippen molar-refractivity contribution < 1.29 is 32.2 Å². The average molecular weight is 567 g/mol. The maximum Gasteiger partial charge on any atom is 0.573 e. The van der Waals surface area contributed by atoms with Gasteiger partial charge in [0.15, 0.2) is 11.2 Å². The van der Waals surface area contributed by atoms with Gasteiger partial charge in [-0.2, -0.15) is 4.98 Å². The van der Waals surface area contributed by atoms with Gasteiger partial charge in [0.25, 0.3) is 5.56 Å². The average Bonchev–Trinajstić information content (AvgIpc) is 3.18. The second-order valence-electron chi connectivity index (χ2n) is 8.58. The summed E-state index contributed by atoms with van der Waals surface area (Å²) in [5.41, 5.74) is -0.786. The lowest BCUT2D eigenvalue weighted by Crippen LogP contribution is -2.42. The number of halogens is 4. The van der Waals surface area contributed by atoms with E-state index in [-0.39, 0.29) is 36.0 Å². The smallest absolute Gasteiger partial charge is 0.461 e. The monoisotopic (exact) mass is 566 g/mol. The molecule has 0 aliphatic heterocycles. The van der Waals surface area contributed by atoms with Crippen LogP contribution >= 0.6 is 11.6 Å². The maximum absolute atomic E-state index is 13.6. The Morgan fingerprint density at radius 1 is 1.08 bits per heavy atom. The van der Waals surface area contributed by atoms with Crippen molar-refractivity contribution in [2.75, 3.05) is 0 Å². The number of nitrogens with zero attached hydrogens (tertiary/aromatic N) is 4. The van der Waals surface area contributed by atoms with Gasteiger partial charge in [-0.05, 0) is 36.8 Å². The maximum atomic E-state index is 13.6. The minimum atomic E-state index is -4.91. The number of aryl methyl sites for hydroxylation is 1. The van der Waals surface area contributed by atoms with Crippen LogP contribution in [0.3, 0.4) is 0 Å². The number of aromatic nitrogens is 4. The predicted octanol–water partition coefficient (Wildman–Crippen LogP) is 4.24. The molecule has 0 aliphatic rings. The molecule has 1 atom stereocenters. The normalized spacial score (nSPS) is 12.4. The highest BCUT2D eigenvalue weighted by Crippen LogP contribution is 2.30. The van der Waals surface area contributed by atoms with E-state index in [1.165, 1.54) is 37.6 Å². The second kappa shape index (κ2) is 10.8. The summed E-state index contributed by atoms with van der Waals surface area (Å²) in [6.07, 6.45) is -5.70. The van der Waals surface area contributed by atoms with Crippen LogP contribution in [0.5, 0.6) is 17.5 Å². The fourth-order valence-corrected chi connectivity index (χ4v) is 4.05. The molecule has 0 aliphatic carbocycles. The Kier molecular flexibility index (Phi) is 7.72. The molecule has 0 saturated heterocycles. The number of hydrogen-bond acceptors (Lipinski definition) is 7. The first kappa shape index (κ1) is 27.8. The van der Waals surface area contributed by atoms with E-state index in [9.17, 15) is 27.6 Å². The van der Waals surface area contributed by atoms with Gasteiger partial charge < -0.3 is 14.2 Å². The molecule has 2 aromatic heterocycles. The van der Waals surface area contributed by atoms with Crippen molar-refractivity contribution in [1.82, 2.24) is 18.7 Å². The van der Waals surface area contributed by atoms with Gasteiger partial charge in [0, 0.05) is 25.1 Å². The number of ether oxygens (including phenoxy) is 3. The van der Waals surface area contributed by atoms with E-state index in [1.54, 1.807) is 24.3 Å². The van der Waals surface area contributed by atoms with E-state index < -0.39 is 35.4 Å². The Morgan fingerprint density at radius 2 is 1.74 bits per heavy atom.